The van der Waals surface area contributed by atoms with Gasteiger partial charge in [-0.15, -0.1) is 0 Å². The van der Waals surface area contributed by atoms with Crippen LogP contribution in [0.15, 0.2) is 52.4 Å². The van der Waals surface area contributed by atoms with E-state index in [9.17, 15) is 8.42 Å². The molecule has 1 aliphatic heterocycles. The summed E-state index contributed by atoms with van der Waals surface area (Å²) in [7, 11) is -1.71. The van der Waals surface area contributed by atoms with Crippen LogP contribution in [0.2, 0.25) is 0 Å². The van der Waals surface area contributed by atoms with Gasteiger partial charge in [-0.3, -0.25) is 10.1 Å². The van der Waals surface area contributed by atoms with Gasteiger partial charge in [0.2, 0.25) is 10.0 Å². The Hall–Kier alpha value is -3.25. The normalized spacial score (nSPS) is 15.9. The molecule has 0 radical (unpaired) electrons. The molecule has 1 saturated heterocycles. The summed E-state index contributed by atoms with van der Waals surface area (Å²) in [6.07, 6.45) is 2.85. The topological polar surface area (TPSA) is 133 Å². The fourth-order valence-electron chi connectivity index (χ4n) is 3.45. The standard InChI is InChI=1S/C19H24N8O3S/c1-20-19(21-12-15-3-2-4-16(11-15)18-22-14-23-24-18)26-6-8-27(9-7-26)31(28,29)13-17-5-10-30-25-17/h2-5,10-11,14H,6-9,12-13H2,1H3,(H,20,21)(H,22,23,24). The minimum Gasteiger partial charge on any atom is -0.364 e. The van der Waals surface area contributed by atoms with E-state index >= 15 is 0 Å². The minimum absolute atomic E-state index is 0.155. The predicted molar refractivity (Wildman–Crippen MR) is 114 cm³/mol. The molecule has 0 saturated carbocycles. The van der Waals surface area contributed by atoms with Gasteiger partial charge in [0.15, 0.2) is 11.8 Å². The van der Waals surface area contributed by atoms with Gasteiger partial charge in [0.05, 0.1) is 5.69 Å². The fourth-order valence-corrected chi connectivity index (χ4v) is 4.88. The number of aromatic nitrogens is 4. The highest BCUT2D eigenvalue weighted by Gasteiger charge is 2.28. The number of benzene rings is 1. The smallest absolute Gasteiger partial charge is 0.220 e. The van der Waals surface area contributed by atoms with Gasteiger partial charge in [-0.25, -0.2) is 13.4 Å². The van der Waals surface area contributed by atoms with Gasteiger partial charge in [-0.2, -0.15) is 9.40 Å². The average molecular weight is 445 g/mol. The van der Waals surface area contributed by atoms with Crippen molar-refractivity contribution in [1.29, 1.82) is 0 Å². The predicted octanol–water partition coefficient (Wildman–Crippen LogP) is 0.683. The molecule has 3 heterocycles. The zero-order valence-corrected chi connectivity index (χ0v) is 17.9. The molecule has 1 fully saturated rings. The molecule has 2 N–H and O–H groups in total. The zero-order valence-electron chi connectivity index (χ0n) is 17.1. The summed E-state index contributed by atoms with van der Waals surface area (Å²) in [5.41, 5.74) is 2.44. The van der Waals surface area contributed by atoms with Crippen LogP contribution in [-0.2, 0) is 22.3 Å². The molecule has 11 nitrogen and oxygen atoms in total. The molecule has 1 aliphatic rings. The lowest BCUT2D eigenvalue weighted by atomic mass is 10.1. The summed E-state index contributed by atoms with van der Waals surface area (Å²) in [6, 6.07) is 9.56. The van der Waals surface area contributed by atoms with E-state index in [1.165, 1.54) is 16.9 Å². The Morgan fingerprint density at radius 1 is 1.26 bits per heavy atom. The summed E-state index contributed by atoms with van der Waals surface area (Å²) in [4.78, 5) is 10.6. The summed E-state index contributed by atoms with van der Waals surface area (Å²) >= 11 is 0. The molecule has 0 amide bonds. The number of guanidine groups is 1. The maximum Gasteiger partial charge on any atom is 0.220 e. The average Bonchev–Trinajstić information content (AvgIpc) is 3.49. The van der Waals surface area contributed by atoms with Gasteiger partial charge in [0, 0.05) is 51.4 Å². The summed E-state index contributed by atoms with van der Waals surface area (Å²) in [5.74, 6) is 1.30. The van der Waals surface area contributed by atoms with Gasteiger partial charge < -0.3 is 14.7 Å². The molecule has 164 valence electrons. The van der Waals surface area contributed by atoms with Gasteiger partial charge in [0.25, 0.3) is 0 Å². The number of aromatic amines is 1. The number of sulfonamides is 1. The van der Waals surface area contributed by atoms with Crippen molar-refractivity contribution in [2.75, 3.05) is 33.2 Å². The molecule has 1 aromatic carbocycles. The van der Waals surface area contributed by atoms with E-state index in [-0.39, 0.29) is 5.75 Å². The van der Waals surface area contributed by atoms with Crippen LogP contribution in [0, 0.1) is 0 Å². The third-order valence-corrected chi connectivity index (χ3v) is 6.84. The third kappa shape index (κ3) is 5.09. The minimum atomic E-state index is -3.43. The first-order chi connectivity index (χ1) is 15.0. The largest absolute Gasteiger partial charge is 0.364 e. The van der Waals surface area contributed by atoms with Crippen LogP contribution in [0.25, 0.3) is 11.4 Å². The first-order valence-electron chi connectivity index (χ1n) is 9.82. The van der Waals surface area contributed by atoms with Crippen molar-refractivity contribution in [2.24, 2.45) is 4.99 Å². The number of H-pyrrole nitrogens is 1. The number of nitrogens with one attached hydrogen (secondary N) is 2. The molecular weight excluding hydrogens is 420 g/mol. The number of rotatable bonds is 6. The number of hydrogen-bond donors (Lipinski definition) is 2. The molecule has 0 aliphatic carbocycles. The van der Waals surface area contributed by atoms with Crippen molar-refractivity contribution >= 4 is 16.0 Å². The van der Waals surface area contributed by atoms with Crippen molar-refractivity contribution in [2.45, 2.75) is 12.3 Å². The van der Waals surface area contributed by atoms with E-state index in [0.29, 0.717) is 44.2 Å². The van der Waals surface area contributed by atoms with Crippen molar-refractivity contribution in [1.82, 2.24) is 34.9 Å². The summed E-state index contributed by atoms with van der Waals surface area (Å²) in [5, 5.41) is 13.8. The second-order valence-electron chi connectivity index (χ2n) is 7.07. The SMILES string of the molecule is CN=C(NCc1cccc(-c2ncn[nH]2)c1)N1CCN(S(=O)(=O)Cc2ccon2)CC1. The summed E-state index contributed by atoms with van der Waals surface area (Å²) in [6.45, 7) is 2.47. The molecule has 0 atom stereocenters. The van der Waals surface area contributed by atoms with E-state index in [4.69, 9.17) is 4.52 Å². The van der Waals surface area contributed by atoms with Crippen LogP contribution < -0.4 is 5.32 Å². The third-order valence-electron chi connectivity index (χ3n) is 5.03. The van der Waals surface area contributed by atoms with Crippen LogP contribution in [0.1, 0.15) is 11.3 Å². The van der Waals surface area contributed by atoms with E-state index in [1.807, 2.05) is 24.3 Å². The molecule has 4 rings (SSSR count). The van der Waals surface area contributed by atoms with E-state index in [1.54, 1.807) is 13.1 Å². The monoisotopic (exact) mass is 444 g/mol. The van der Waals surface area contributed by atoms with Crippen LogP contribution in [0.5, 0.6) is 0 Å². The lowest BCUT2D eigenvalue weighted by Gasteiger charge is -2.35. The Labute approximate surface area is 180 Å². The van der Waals surface area contributed by atoms with Gasteiger partial charge in [-0.1, -0.05) is 23.4 Å². The van der Waals surface area contributed by atoms with Crippen molar-refractivity contribution in [3.05, 3.63) is 54.2 Å². The number of aliphatic imine (C=N–C) groups is 1. The summed E-state index contributed by atoms with van der Waals surface area (Å²) < 4.78 is 31.4. The van der Waals surface area contributed by atoms with Crippen LogP contribution in [0.3, 0.4) is 0 Å². The Morgan fingerprint density at radius 3 is 2.77 bits per heavy atom. The molecule has 0 spiro atoms. The Morgan fingerprint density at radius 2 is 2.10 bits per heavy atom. The number of hydrogen-bond acceptors (Lipinski definition) is 7. The fraction of sp³-hybridized carbons (Fsp3) is 0.368. The Bertz CT molecular complexity index is 1110. The van der Waals surface area contributed by atoms with Gasteiger partial charge in [0.1, 0.15) is 18.3 Å². The van der Waals surface area contributed by atoms with Crippen molar-refractivity contribution < 1.29 is 12.9 Å². The van der Waals surface area contributed by atoms with E-state index < -0.39 is 10.0 Å². The van der Waals surface area contributed by atoms with E-state index in [0.717, 1.165) is 17.1 Å². The van der Waals surface area contributed by atoms with Crippen LogP contribution >= 0.6 is 0 Å². The Kier molecular flexibility index (Phi) is 6.28. The first kappa shape index (κ1) is 21.0. The van der Waals surface area contributed by atoms with Crippen molar-refractivity contribution in [3.8, 4) is 11.4 Å². The van der Waals surface area contributed by atoms with Gasteiger partial charge >= 0.3 is 0 Å². The van der Waals surface area contributed by atoms with Crippen molar-refractivity contribution in [3.63, 3.8) is 0 Å². The lowest BCUT2D eigenvalue weighted by molar-refractivity contribution is 0.259. The highest BCUT2D eigenvalue weighted by molar-refractivity contribution is 7.88. The highest BCUT2D eigenvalue weighted by atomic mass is 32.2. The second-order valence-corrected chi connectivity index (χ2v) is 9.04. The van der Waals surface area contributed by atoms with Crippen LogP contribution in [0.4, 0.5) is 0 Å². The Balaban J connectivity index is 1.32. The zero-order chi connectivity index (χ0) is 21.7. The van der Waals surface area contributed by atoms with Gasteiger partial charge in [-0.05, 0) is 11.6 Å². The second kappa shape index (κ2) is 9.27. The molecule has 0 unspecified atom stereocenters. The van der Waals surface area contributed by atoms with E-state index in [2.05, 4.69) is 35.5 Å². The molecule has 31 heavy (non-hydrogen) atoms. The molecule has 2 aromatic heterocycles. The van der Waals surface area contributed by atoms with Crippen LogP contribution in [-0.4, -0.2) is 77.1 Å². The quantitative estimate of drug-likeness (QED) is 0.419. The first-order valence-corrected chi connectivity index (χ1v) is 11.4. The highest BCUT2D eigenvalue weighted by Crippen LogP contribution is 2.16. The molecule has 12 heteroatoms. The number of piperazine rings is 1. The molecule has 0 bridgehead atoms. The maximum absolute atomic E-state index is 12.6. The molecule has 3 aromatic rings. The number of nitrogens with zero attached hydrogens (tertiary/aromatic N) is 6. The lowest BCUT2D eigenvalue weighted by Crippen LogP contribution is -2.53. The molecular formula is C19H24N8O3S. The maximum atomic E-state index is 12.6.